The number of benzene rings is 1. The van der Waals surface area contributed by atoms with Gasteiger partial charge in [-0.25, -0.2) is 4.79 Å². The quantitative estimate of drug-likeness (QED) is 0.851. The summed E-state index contributed by atoms with van der Waals surface area (Å²) >= 11 is 0. The van der Waals surface area contributed by atoms with Gasteiger partial charge in [0.2, 0.25) is 5.60 Å². The third-order valence-electron chi connectivity index (χ3n) is 3.24. The Labute approximate surface area is 107 Å². The second-order valence-electron chi connectivity index (χ2n) is 4.52. The van der Waals surface area contributed by atoms with Crippen LogP contribution in [0.3, 0.4) is 0 Å². The Hall–Kier alpha value is -1.98. The Morgan fingerprint density at radius 3 is 2.53 bits per heavy atom. The topological polar surface area (TPSA) is 46.5 Å². The van der Waals surface area contributed by atoms with E-state index < -0.39 is 17.7 Å². The number of fused-ring (bicyclic) bond motifs is 1. The van der Waals surface area contributed by atoms with Crippen LogP contribution in [0, 0.1) is 0 Å². The number of halogens is 3. The number of carbonyl (C=O) groups is 1. The Morgan fingerprint density at radius 1 is 1.37 bits per heavy atom. The largest absolute Gasteiger partial charge is 0.478 e. The molecular formula is C13H11F3O3. The van der Waals surface area contributed by atoms with Gasteiger partial charge in [0.15, 0.2) is 0 Å². The third kappa shape index (κ3) is 2.07. The highest BCUT2D eigenvalue weighted by Crippen LogP contribution is 2.44. The summed E-state index contributed by atoms with van der Waals surface area (Å²) in [5, 5.41) is 8.84. The lowest BCUT2D eigenvalue weighted by molar-refractivity contribution is -0.227. The van der Waals surface area contributed by atoms with Crippen molar-refractivity contribution in [2.75, 3.05) is 0 Å². The van der Waals surface area contributed by atoms with Gasteiger partial charge in [0, 0.05) is 5.56 Å². The first-order valence-electron chi connectivity index (χ1n) is 5.47. The van der Waals surface area contributed by atoms with E-state index in [9.17, 15) is 18.0 Å². The molecule has 1 unspecified atom stereocenters. The van der Waals surface area contributed by atoms with Crippen LogP contribution in [0.4, 0.5) is 13.2 Å². The highest BCUT2D eigenvalue weighted by atomic mass is 19.4. The highest BCUT2D eigenvalue weighted by molar-refractivity contribution is 5.89. The van der Waals surface area contributed by atoms with Gasteiger partial charge in [-0.3, -0.25) is 0 Å². The number of hydrogen-bond donors (Lipinski definition) is 1. The average molecular weight is 272 g/mol. The summed E-state index contributed by atoms with van der Waals surface area (Å²) in [6, 6.07) is 3.75. The molecule has 102 valence electrons. The van der Waals surface area contributed by atoms with Gasteiger partial charge in [-0.2, -0.15) is 13.2 Å². The number of alkyl halides is 3. The van der Waals surface area contributed by atoms with Crippen LogP contribution >= 0.6 is 0 Å². The molecule has 1 atom stereocenters. The van der Waals surface area contributed by atoms with E-state index in [0.29, 0.717) is 5.56 Å². The minimum atomic E-state index is -4.54. The van der Waals surface area contributed by atoms with Crippen LogP contribution in [-0.2, 0) is 0 Å². The van der Waals surface area contributed by atoms with Gasteiger partial charge < -0.3 is 9.84 Å². The smallest absolute Gasteiger partial charge is 0.432 e. The molecule has 0 saturated carbocycles. The van der Waals surface area contributed by atoms with Crippen molar-refractivity contribution < 1.29 is 27.8 Å². The predicted octanol–water partition coefficient (Wildman–Crippen LogP) is 3.50. The molecule has 0 aliphatic carbocycles. The van der Waals surface area contributed by atoms with Crippen molar-refractivity contribution in [3.63, 3.8) is 0 Å². The number of aromatic carboxylic acids is 1. The number of carboxylic acids is 1. The zero-order valence-corrected chi connectivity index (χ0v) is 10.2. The fraction of sp³-hybridized carbons (Fsp3) is 0.308. The molecule has 0 bridgehead atoms. The fourth-order valence-electron chi connectivity index (χ4n) is 1.84. The van der Waals surface area contributed by atoms with Gasteiger partial charge in [0.25, 0.3) is 0 Å². The molecule has 1 aromatic rings. The number of rotatable bonds is 1. The van der Waals surface area contributed by atoms with Crippen molar-refractivity contribution in [2.45, 2.75) is 25.6 Å². The van der Waals surface area contributed by atoms with Crippen molar-refractivity contribution in [3.8, 4) is 5.75 Å². The molecule has 0 aromatic heterocycles. The molecule has 0 radical (unpaired) electrons. The van der Waals surface area contributed by atoms with Gasteiger partial charge in [-0.15, -0.1) is 0 Å². The second kappa shape index (κ2) is 4.01. The van der Waals surface area contributed by atoms with Crippen molar-refractivity contribution in [3.05, 3.63) is 34.9 Å². The van der Waals surface area contributed by atoms with E-state index in [-0.39, 0.29) is 16.9 Å². The monoisotopic (exact) mass is 272 g/mol. The van der Waals surface area contributed by atoms with Crippen molar-refractivity contribution in [1.29, 1.82) is 0 Å². The average Bonchev–Trinajstić information content (AvgIpc) is 2.28. The van der Waals surface area contributed by atoms with E-state index in [4.69, 9.17) is 9.84 Å². The lowest BCUT2D eigenvalue weighted by Crippen LogP contribution is -2.49. The Balaban J connectivity index is 2.52. The van der Waals surface area contributed by atoms with Crippen LogP contribution in [0.2, 0.25) is 0 Å². The molecule has 1 aliphatic rings. The van der Waals surface area contributed by atoms with Gasteiger partial charge >= 0.3 is 12.1 Å². The summed E-state index contributed by atoms with van der Waals surface area (Å²) in [6.45, 7) is 2.26. The van der Waals surface area contributed by atoms with Crippen LogP contribution in [-0.4, -0.2) is 22.9 Å². The summed E-state index contributed by atoms with van der Waals surface area (Å²) in [5.41, 5.74) is -2.07. The molecule has 19 heavy (non-hydrogen) atoms. The molecule has 1 aliphatic heterocycles. The molecule has 1 heterocycles. The standard InChI is InChI=1S/C13H11F3O3/c1-7-5-9-6-8(11(17)18)3-4-10(9)19-12(7,2)13(14,15)16/h3-6H,1-2H3,(H,17,18). The molecule has 0 amide bonds. The van der Waals surface area contributed by atoms with E-state index in [2.05, 4.69) is 0 Å². The molecule has 6 heteroatoms. The Morgan fingerprint density at radius 2 is 2.00 bits per heavy atom. The molecule has 1 aromatic carbocycles. The molecular weight excluding hydrogens is 261 g/mol. The van der Waals surface area contributed by atoms with E-state index in [0.717, 1.165) is 6.92 Å². The summed E-state index contributed by atoms with van der Waals surface area (Å²) in [5.74, 6) is -1.12. The first-order valence-corrected chi connectivity index (χ1v) is 5.47. The summed E-state index contributed by atoms with van der Waals surface area (Å²) in [7, 11) is 0. The SMILES string of the molecule is CC1=Cc2cc(C(=O)O)ccc2OC1(C)C(F)(F)F. The normalized spacial score (nSPS) is 22.3. The minimum Gasteiger partial charge on any atom is -0.478 e. The number of ether oxygens (including phenoxy) is 1. The van der Waals surface area contributed by atoms with Crippen LogP contribution in [0.5, 0.6) is 5.75 Å². The van der Waals surface area contributed by atoms with E-state index in [1.54, 1.807) is 0 Å². The molecule has 1 N–H and O–H groups in total. The van der Waals surface area contributed by atoms with Crippen molar-refractivity contribution in [2.24, 2.45) is 0 Å². The second-order valence-corrected chi connectivity index (χ2v) is 4.52. The summed E-state index contributed by atoms with van der Waals surface area (Å²) < 4.78 is 44.1. The predicted molar refractivity (Wildman–Crippen MR) is 62.1 cm³/mol. The van der Waals surface area contributed by atoms with Crippen LogP contribution < -0.4 is 4.74 Å². The van der Waals surface area contributed by atoms with Crippen LogP contribution in [0.1, 0.15) is 29.8 Å². The maximum atomic E-state index is 13.0. The number of hydrogen-bond acceptors (Lipinski definition) is 2. The maximum absolute atomic E-state index is 13.0. The molecule has 2 rings (SSSR count). The lowest BCUT2D eigenvalue weighted by atomic mass is 9.90. The summed E-state index contributed by atoms with van der Waals surface area (Å²) in [6.07, 6.45) is -3.24. The minimum absolute atomic E-state index is 0.00186. The zero-order valence-electron chi connectivity index (χ0n) is 10.2. The van der Waals surface area contributed by atoms with Crippen LogP contribution in [0.25, 0.3) is 6.08 Å². The fourth-order valence-corrected chi connectivity index (χ4v) is 1.84. The van der Waals surface area contributed by atoms with E-state index in [1.165, 1.54) is 31.2 Å². The summed E-state index contributed by atoms with van der Waals surface area (Å²) in [4.78, 5) is 10.8. The van der Waals surface area contributed by atoms with Crippen LogP contribution in [0.15, 0.2) is 23.8 Å². The number of carboxylic acid groups (broad SMARTS) is 1. The van der Waals surface area contributed by atoms with E-state index >= 15 is 0 Å². The first kappa shape index (κ1) is 13.5. The van der Waals surface area contributed by atoms with E-state index in [1.807, 2.05) is 0 Å². The molecule has 0 spiro atoms. The first-order chi connectivity index (χ1) is 8.65. The Bertz CT molecular complexity index is 575. The molecule has 3 nitrogen and oxygen atoms in total. The van der Waals surface area contributed by atoms with Crippen molar-refractivity contribution in [1.82, 2.24) is 0 Å². The van der Waals surface area contributed by atoms with Gasteiger partial charge in [0.05, 0.1) is 5.56 Å². The van der Waals surface area contributed by atoms with Gasteiger partial charge in [0.1, 0.15) is 5.75 Å². The maximum Gasteiger partial charge on any atom is 0.432 e. The lowest BCUT2D eigenvalue weighted by Gasteiger charge is -2.37. The molecule has 0 fully saturated rings. The highest BCUT2D eigenvalue weighted by Gasteiger charge is 2.56. The zero-order chi connectivity index (χ0) is 14.4. The van der Waals surface area contributed by atoms with Crippen molar-refractivity contribution >= 4 is 12.0 Å². The molecule has 0 saturated heterocycles. The van der Waals surface area contributed by atoms with Gasteiger partial charge in [-0.1, -0.05) is 0 Å². The van der Waals surface area contributed by atoms with Gasteiger partial charge in [-0.05, 0) is 43.7 Å². The Kier molecular flexibility index (Phi) is 2.84. The third-order valence-corrected chi connectivity index (χ3v) is 3.24.